The highest BCUT2D eigenvalue weighted by molar-refractivity contribution is 5.60. The van der Waals surface area contributed by atoms with Gasteiger partial charge >= 0.3 is 0 Å². The van der Waals surface area contributed by atoms with Crippen LogP contribution in [0.4, 0.5) is 0 Å². The zero-order valence-electron chi connectivity index (χ0n) is 15.8. The summed E-state index contributed by atoms with van der Waals surface area (Å²) in [4.78, 5) is 17.8. The van der Waals surface area contributed by atoms with Crippen LogP contribution in [0.25, 0.3) is 17.8 Å². The molecule has 1 N–H and O–H groups in total. The summed E-state index contributed by atoms with van der Waals surface area (Å²) in [5, 5.41) is 10.3. The molecule has 0 atom stereocenters. The number of hydrogen-bond donors (Lipinski definition) is 1. The number of aromatic hydroxyl groups is 1. The Balaban J connectivity index is 2.10. The van der Waals surface area contributed by atoms with E-state index in [1.807, 2.05) is 42.5 Å². The molecule has 1 heterocycles. The van der Waals surface area contributed by atoms with Crippen molar-refractivity contribution in [2.24, 2.45) is 0 Å². The van der Waals surface area contributed by atoms with E-state index in [4.69, 9.17) is 4.74 Å². The number of methoxy groups -OCH3 is 1. The van der Waals surface area contributed by atoms with Crippen molar-refractivity contribution in [3.05, 3.63) is 94.7 Å². The summed E-state index contributed by atoms with van der Waals surface area (Å²) in [6.07, 6.45) is 4.00. The third-order valence-corrected chi connectivity index (χ3v) is 4.55. The molecule has 5 nitrogen and oxygen atoms in total. The van der Waals surface area contributed by atoms with Gasteiger partial charge in [0.25, 0.3) is 5.56 Å². The number of para-hydroxylation sites is 2. The van der Waals surface area contributed by atoms with Crippen molar-refractivity contribution in [3.8, 4) is 17.2 Å². The molecule has 0 fully saturated rings. The van der Waals surface area contributed by atoms with Crippen molar-refractivity contribution in [2.45, 2.75) is 12.8 Å². The molecule has 1 aromatic heterocycles. The minimum atomic E-state index is -0.198. The van der Waals surface area contributed by atoms with Crippen LogP contribution in [0.3, 0.4) is 0 Å². The Hall–Kier alpha value is -3.60. The molecule has 142 valence electrons. The number of benzene rings is 2. The average molecular weight is 374 g/mol. The van der Waals surface area contributed by atoms with E-state index in [9.17, 15) is 9.90 Å². The van der Waals surface area contributed by atoms with Crippen LogP contribution in [-0.4, -0.2) is 21.8 Å². The first-order chi connectivity index (χ1) is 13.6. The Kier molecular flexibility index (Phi) is 5.75. The topological polar surface area (TPSA) is 64.3 Å². The molecule has 0 amide bonds. The number of nitrogens with zero attached hydrogens (tertiary/aromatic N) is 2. The molecule has 0 spiro atoms. The van der Waals surface area contributed by atoms with E-state index >= 15 is 0 Å². The van der Waals surface area contributed by atoms with Crippen LogP contribution in [0.2, 0.25) is 0 Å². The third-order valence-electron chi connectivity index (χ3n) is 4.55. The van der Waals surface area contributed by atoms with Crippen molar-refractivity contribution in [1.29, 1.82) is 0 Å². The van der Waals surface area contributed by atoms with E-state index in [1.165, 1.54) is 13.2 Å². The largest absolute Gasteiger partial charge is 0.504 e. The fourth-order valence-corrected chi connectivity index (χ4v) is 3.14. The summed E-state index contributed by atoms with van der Waals surface area (Å²) in [6.45, 7) is 7.51. The van der Waals surface area contributed by atoms with Crippen LogP contribution in [0.5, 0.6) is 11.5 Å². The van der Waals surface area contributed by atoms with Gasteiger partial charge in [0.2, 0.25) is 0 Å². The van der Waals surface area contributed by atoms with Crippen LogP contribution in [-0.2, 0) is 12.8 Å². The van der Waals surface area contributed by atoms with Gasteiger partial charge in [-0.15, -0.1) is 0 Å². The second-order valence-corrected chi connectivity index (χ2v) is 6.18. The third kappa shape index (κ3) is 3.60. The number of aryl methyl sites for hydroxylation is 2. The van der Waals surface area contributed by atoms with Crippen LogP contribution >= 0.6 is 0 Å². The van der Waals surface area contributed by atoms with E-state index in [1.54, 1.807) is 16.7 Å². The monoisotopic (exact) mass is 374 g/mol. The van der Waals surface area contributed by atoms with Crippen molar-refractivity contribution in [3.63, 3.8) is 0 Å². The second kappa shape index (κ2) is 8.39. The molecule has 0 bridgehead atoms. The van der Waals surface area contributed by atoms with Gasteiger partial charge in [-0.1, -0.05) is 49.6 Å². The maximum absolute atomic E-state index is 13.1. The number of phenolic OH excluding ortho intramolecular Hbond substituents is 1. The Bertz CT molecular complexity index is 1070. The first kappa shape index (κ1) is 19.2. The van der Waals surface area contributed by atoms with Gasteiger partial charge in [-0.2, -0.15) is 0 Å². The molecule has 0 aliphatic carbocycles. The number of rotatable bonds is 7. The maximum Gasteiger partial charge on any atom is 0.265 e. The second-order valence-electron chi connectivity index (χ2n) is 6.18. The highest BCUT2D eigenvalue weighted by Gasteiger charge is 2.16. The Labute approximate surface area is 163 Å². The van der Waals surface area contributed by atoms with Crippen molar-refractivity contribution < 1.29 is 9.84 Å². The van der Waals surface area contributed by atoms with Crippen LogP contribution in [0.1, 0.15) is 22.6 Å². The minimum Gasteiger partial charge on any atom is -0.504 e. The quantitative estimate of drug-likeness (QED) is 0.678. The summed E-state index contributed by atoms with van der Waals surface area (Å²) in [6, 6.07) is 14.7. The van der Waals surface area contributed by atoms with Gasteiger partial charge in [0.05, 0.1) is 24.1 Å². The van der Waals surface area contributed by atoms with E-state index < -0.39 is 0 Å². The van der Waals surface area contributed by atoms with Crippen molar-refractivity contribution >= 4 is 12.2 Å². The molecule has 3 rings (SSSR count). The lowest BCUT2D eigenvalue weighted by Crippen LogP contribution is -2.27. The van der Waals surface area contributed by atoms with Crippen LogP contribution < -0.4 is 10.3 Å². The SMILES string of the molecule is C=Cc1nc(CCc2cccc(OC)c2O)n(-c2ccccc2)c(=O)c1C=C. The lowest BCUT2D eigenvalue weighted by atomic mass is 10.1. The van der Waals surface area contributed by atoms with Gasteiger partial charge in [-0.25, -0.2) is 4.98 Å². The number of phenols is 1. The predicted octanol–water partition coefficient (Wildman–Crippen LogP) is 4.02. The van der Waals surface area contributed by atoms with E-state index in [2.05, 4.69) is 18.1 Å². The van der Waals surface area contributed by atoms with E-state index in [0.29, 0.717) is 35.7 Å². The smallest absolute Gasteiger partial charge is 0.265 e. The molecular formula is C23H22N2O3. The molecular weight excluding hydrogens is 352 g/mol. The molecule has 5 heteroatoms. The molecule has 0 aliphatic rings. The lowest BCUT2D eigenvalue weighted by molar-refractivity contribution is 0.370. The van der Waals surface area contributed by atoms with Crippen LogP contribution in [0, 0.1) is 0 Å². The predicted molar refractivity (Wildman–Crippen MR) is 112 cm³/mol. The highest BCUT2D eigenvalue weighted by atomic mass is 16.5. The summed E-state index contributed by atoms with van der Waals surface area (Å²) >= 11 is 0. The summed E-state index contributed by atoms with van der Waals surface area (Å²) in [5.41, 5.74) is 2.16. The normalized spacial score (nSPS) is 10.5. The minimum absolute atomic E-state index is 0.102. The number of hydrogen-bond acceptors (Lipinski definition) is 4. The molecule has 0 unspecified atom stereocenters. The Morgan fingerprint density at radius 2 is 1.82 bits per heavy atom. The summed E-state index contributed by atoms with van der Waals surface area (Å²) in [7, 11) is 1.51. The molecule has 2 aromatic carbocycles. The van der Waals surface area contributed by atoms with Crippen molar-refractivity contribution in [2.75, 3.05) is 7.11 Å². The number of aromatic nitrogens is 2. The molecule has 0 saturated heterocycles. The molecule has 0 aliphatic heterocycles. The molecule has 0 saturated carbocycles. The maximum atomic E-state index is 13.1. The van der Waals surface area contributed by atoms with Gasteiger partial charge in [0.15, 0.2) is 11.5 Å². The van der Waals surface area contributed by atoms with Gasteiger partial charge in [0.1, 0.15) is 5.82 Å². The Morgan fingerprint density at radius 3 is 2.46 bits per heavy atom. The van der Waals surface area contributed by atoms with E-state index in [0.717, 1.165) is 11.3 Å². The fraction of sp³-hybridized carbons (Fsp3) is 0.130. The fourth-order valence-electron chi connectivity index (χ4n) is 3.14. The van der Waals surface area contributed by atoms with Gasteiger partial charge < -0.3 is 9.84 Å². The number of ether oxygens (including phenoxy) is 1. The zero-order chi connectivity index (χ0) is 20.1. The molecule has 28 heavy (non-hydrogen) atoms. The zero-order valence-corrected chi connectivity index (χ0v) is 15.8. The van der Waals surface area contributed by atoms with Gasteiger partial charge in [0, 0.05) is 6.42 Å². The lowest BCUT2D eigenvalue weighted by Gasteiger charge is -2.15. The summed E-state index contributed by atoms with van der Waals surface area (Å²) < 4.78 is 6.76. The Morgan fingerprint density at radius 1 is 1.07 bits per heavy atom. The summed E-state index contributed by atoms with van der Waals surface area (Å²) in [5.74, 6) is 1.10. The van der Waals surface area contributed by atoms with Gasteiger partial charge in [-0.05, 0) is 36.3 Å². The average Bonchev–Trinajstić information content (AvgIpc) is 2.73. The first-order valence-electron chi connectivity index (χ1n) is 8.91. The molecule has 0 radical (unpaired) electrons. The van der Waals surface area contributed by atoms with E-state index in [-0.39, 0.29) is 11.3 Å². The molecule has 3 aromatic rings. The van der Waals surface area contributed by atoms with Crippen LogP contribution in [0.15, 0.2) is 66.5 Å². The first-order valence-corrected chi connectivity index (χ1v) is 8.91. The standard InChI is InChI=1S/C23H22N2O3/c1-4-18-19(5-2)24-21(25(23(18)27)17-11-7-6-8-12-17)15-14-16-10-9-13-20(28-3)22(16)26/h4-13,26H,1-2,14-15H2,3H3. The van der Waals surface area contributed by atoms with Gasteiger partial charge in [-0.3, -0.25) is 9.36 Å². The van der Waals surface area contributed by atoms with Crippen molar-refractivity contribution in [1.82, 2.24) is 9.55 Å². The highest BCUT2D eigenvalue weighted by Crippen LogP contribution is 2.30.